The summed E-state index contributed by atoms with van der Waals surface area (Å²) in [6, 6.07) is 15.9. The van der Waals surface area contributed by atoms with Crippen molar-refractivity contribution in [1.82, 2.24) is 4.90 Å². The summed E-state index contributed by atoms with van der Waals surface area (Å²) in [4.78, 5) is 26.6. The molecule has 2 aromatic rings. The van der Waals surface area contributed by atoms with Gasteiger partial charge in [0.05, 0.1) is 6.61 Å². The van der Waals surface area contributed by atoms with Crippen molar-refractivity contribution in [2.45, 2.75) is 13.0 Å². The van der Waals surface area contributed by atoms with E-state index in [1.54, 1.807) is 47.9 Å². The summed E-state index contributed by atoms with van der Waals surface area (Å²) in [6.07, 6.45) is 0. The minimum atomic E-state index is -0.526. The number of esters is 1. The average Bonchev–Trinajstić information content (AvgIpc) is 2.69. The topological polar surface area (TPSA) is 55.8 Å². The predicted octanol–water partition coefficient (Wildman–Crippen LogP) is 3.60. The Hall–Kier alpha value is -2.47. The summed E-state index contributed by atoms with van der Waals surface area (Å²) < 4.78 is 10.9. The molecule has 1 saturated heterocycles. The van der Waals surface area contributed by atoms with Gasteiger partial charge in [0, 0.05) is 23.6 Å². The molecular weight excluding hydrogens is 350 g/mol. The van der Waals surface area contributed by atoms with E-state index < -0.39 is 6.04 Å². The number of benzene rings is 2. The fraction of sp³-hybridized carbons (Fsp3) is 0.300. The lowest BCUT2D eigenvalue weighted by molar-refractivity contribution is -0.147. The highest BCUT2D eigenvalue weighted by Crippen LogP contribution is 2.24. The van der Waals surface area contributed by atoms with Crippen molar-refractivity contribution < 1.29 is 19.1 Å². The summed E-state index contributed by atoms with van der Waals surface area (Å²) in [5, 5.41) is 0. The Morgan fingerprint density at radius 1 is 1.08 bits per heavy atom. The van der Waals surface area contributed by atoms with E-state index in [1.807, 2.05) is 30.3 Å². The van der Waals surface area contributed by atoms with Gasteiger partial charge in [-0.3, -0.25) is 4.79 Å². The summed E-state index contributed by atoms with van der Waals surface area (Å²) in [5.41, 5.74) is 0.534. The zero-order valence-electron chi connectivity index (χ0n) is 14.6. The van der Waals surface area contributed by atoms with Crippen LogP contribution in [0.5, 0.6) is 11.5 Å². The minimum Gasteiger partial charge on any atom is -0.464 e. The minimum absolute atomic E-state index is 0.158. The lowest BCUT2D eigenvalue weighted by Gasteiger charge is -2.33. The summed E-state index contributed by atoms with van der Waals surface area (Å²) in [7, 11) is 0. The van der Waals surface area contributed by atoms with Crippen molar-refractivity contribution in [3.63, 3.8) is 0 Å². The van der Waals surface area contributed by atoms with E-state index in [0.717, 1.165) is 11.5 Å². The molecule has 1 atom stereocenters. The highest BCUT2D eigenvalue weighted by Gasteiger charge is 2.34. The fourth-order valence-corrected chi connectivity index (χ4v) is 3.77. The van der Waals surface area contributed by atoms with Crippen LogP contribution in [0, 0.1) is 0 Å². The van der Waals surface area contributed by atoms with Gasteiger partial charge < -0.3 is 14.4 Å². The predicted molar refractivity (Wildman–Crippen MR) is 102 cm³/mol. The molecule has 6 heteroatoms. The summed E-state index contributed by atoms with van der Waals surface area (Å²) in [6.45, 7) is 2.62. The van der Waals surface area contributed by atoms with Gasteiger partial charge in [0.1, 0.15) is 17.5 Å². The van der Waals surface area contributed by atoms with E-state index in [2.05, 4.69) is 0 Å². The molecular formula is C20H21NO4S. The molecule has 2 aromatic carbocycles. The van der Waals surface area contributed by atoms with Crippen LogP contribution < -0.4 is 4.74 Å². The quantitative estimate of drug-likeness (QED) is 0.752. The number of hydrogen-bond donors (Lipinski definition) is 0. The van der Waals surface area contributed by atoms with Gasteiger partial charge in [-0.15, -0.1) is 0 Å². The Balaban J connectivity index is 1.71. The maximum absolute atomic E-state index is 12.9. The van der Waals surface area contributed by atoms with Crippen LogP contribution in [0.15, 0.2) is 54.6 Å². The molecule has 3 rings (SSSR count). The van der Waals surface area contributed by atoms with Crippen LogP contribution in [-0.2, 0) is 9.53 Å². The molecule has 1 fully saturated rings. The van der Waals surface area contributed by atoms with Crippen molar-refractivity contribution >= 4 is 23.6 Å². The molecule has 0 N–H and O–H groups in total. The highest BCUT2D eigenvalue weighted by atomic mass is 32.2. The Morgan fingerprint density at radius 2 is 1.77 bits per heavy atom. The van der Waals surface area contributed by atoms with Gasteiger partial charge in [0.2, 0.25) is 0 Å². The first kappa shape index (κ1) is 18.3. The lowest BCUT2D eigenvalue weighted by atomic mass is 10.1. The Kier molecular flexibility index (Phi) is 6.17. The molecule has 1 aliphatic rings. The van der Waals surface area contributed by atoms with Crippen LogP contribution in [0.25, 0.3) is 0 Å². The van der Waals surface area contributed by atoms with Gasteiger partial charge in [-0.1, -0.05) is 18.2 Å². The number of nitrogens with zero attached hydrogens (tertiary/aromatic N) is 1. The molecule has 136 valence electrons. The van der Waals surface area contributed by atoms with Crippen LogP contribution in [-0.4, -0.2) is 47.5 Å². The second-order valence-corrected chi connectivity index (χ2v) is 6.93. The number of ether oxygens (including phenoxy) is 2. The van der Waals surface area contributed by atoms with Crippen molar-refractivity contribution in [2.75, 3.05) is 24.7 Å². The van der Waals surface area contributed by atoms with Gasteiger partial charge in [0.15, 0.2) is 0 Å². The number of carbonyl (C=O) groups excluding carboxylic acids is 2. The molecule has 1 amide bonds. The molecule has 0 saturated carbocycles. The Bertz CT molecular complexity index is 748. The number of thioether (sulfide) groups is 1. The second-order valence-electron chi connectivity index (χ2n) is 5.78. The fourth-order valence-electron chi connectivity index (χ4n) is 2.74. The third-order valence-electron chi connectivity index (χ3n) is 4.03. The molecule has 26 heavy (non-hydrogen) atoms. The molecule has 0 aromatic heterocycles. The van der Waals surface area contributed by atoms with E-state index in [0.29, 0.717) is 30.2 Å². The number of rotatable bonds is 5. The maximum atomic E-state index is 12.9. The third kappa shape index (κ3) is 4.38. The van der Waals surface area contributed by atoms with Crippen LogP contribution in [0.4, 0.5) is 0 Å². The Morgan fingerprint density at radius 3 is 2.46 bits per heavy atom. The van der Waals surface area contributed by atoms with Crippen molar-refractivity contribution in [3.8, 4) is 11.5 Å². The molecule has 1 heterocycles. The van der Waals surface area contributed by atoms with E-state index in [1.165, 1.54) is 0 Å². The number of para-hydroxylation sites is 1. The molecule has 0 unspecified atom stereocenters. The second kappa shape index (κ2) is 8.76. The average molecular weight is 371 g/mol. The van der Waals surface area contributed by atoms with Gasteiger partial charge >= 0.3 is 5.97 Å². The SMILES string of the molecule is CCOC(=O)[C@@H]1CSCCN1C(=O)c1ccc(Oc2ccccc2)cc1. The van der Waals surface area contributed by atoms with Crippen LogP contribution in [0.3, 0.4) is 0 Å². The molecule has 0 spiro atoms. The van der Waals surface area contributed by atoms with E-state index >= 15 is 0 Å². The first-order valence-corrected chi connectivity index (χ1v) is 9.73. The van der Waals surface area contributed by atoms with Gasteiger partial charge in [0.25, 0.3) is 5.91 Å². The van der Waals surface area contributed by atoms with Gasteiger partial charge in [-0.25, -0.2) is 4.79 Å². The van der Waals surface area contributed by atoms with Crippen molar-refractivity contribution in [3.05, 3.63) is 60.2 Å². The summed E-state index contributed by atoms with van der Waals surface area (Å²) >= 11 is 1.66. The third-order valence-corrected chi connectivity index (χ3v) is 5.05. The monoisotopic (exact) mass is 371 g/mol. The van der Waals surface area contributed by atoms with E-state index in [9.17, 15) is 9.59 Å². The zero-order chi connectivity index (χ0) is 18.4. The van der Waals surface area contributed by atoms with Gasteiger partial charge in [-0.2, -0.15) is 11.8 Å². The largest absolute Gasteiger partial charge is 0.464 e. The van der Waals surface area contributed by atoms with E-state index in [-0.39, 0.29) is 11.9 Å². The van der Waals surface area contributed by atoms with Crippen molar-refractivity contribution in [2.24, 2.45) is 0 Å². The number of amides is 1. The first-order valence-electron chi connectivity index (χ1n) is 8.57. The number of hydrogen-bond acceptors (Lipinski definition) is 5. The highest BCUT2D eigenvalue weighted by molar-refractivity contribution is 7.99. The van der Waals surface area contributed by atoms with E-state index in [4.69, 9.17) is 9.47 Å². The molecule has 5 nitrogen and oxygen atoms in total. The molecule has 1 aliphatic heterocycles. The molecule has 0 bridgehead atoms. The standard InChI is InChI=1S/C20H21NO4S/c1-2-24-20(23)18-14-26-13-12-21(18)19(22)15-8-10-17(11-9-15)25-16-6-4-3-5-7-16/h3-11,18H,2,12-14H2,1H3/t18-/m0/s1. The van der Waals surface area contributed by atoms with Crippen LogP contribution in [0.1, 0.15) is 17.3 Å². The molecule has 0 aliphatic carbocycles. The lowest BCUT2D eigenvalue weighted by Crippen LogP contribution is -2.50. The first-order chi connectivity index (χ1) is 12.7. The van der Waals surface area contributed by atoms with Crippen LogP contribution >= 0.6 is 11.8 Å². The molecule has 0 radical (unpaired) electrons. The maximum Gasteiger partial charge on any atom is 0.329 e. The van der Waals surface area contributed by atoms with Crippen molar-refractivity contribution in [1.29, 1.82) is 0 Å². The zero-order valence-corrected chi connectivity index (χ0v) is 15.4. The number of carbonyl (C=O) groups is 2. The smallest absolute Gasteiger partial charge is 0.329 e. The summed E-state index contributed by atoms with van der Waals surface area (Å²) in [5.74, 6) is 2.29. The Labute approximate surface area is 157 Å². The van der Waals surface area contributed by atoms with Crippen LogP contribution in [0.2, 0.25) is 0 Å². The normalized spacial score (nSPS) is 16.8. The van der Waals surface area contributed by atoms with Gasteiger partial charge in [-0.05, 0) is 43.3 Å².